The minimum absolute atomic E-state index is 0.0455. The lowest BCUT2D eigenvalue weighted by Crippen LogP contribution is -3.11. The number of nitrogens with zero attached hydrogens (tertiary/aromatic N) is 2. The van der Waals surface area contributed by atoms with Crippen molar-refractivity contribution in [2.75, 3.05) is 26.7 Å². The summed E-state index contributed by atoms with van der Waals surface area (Å²) in [6.45, 7) is 4.91. The van der Waals surface area contributed by atoms with Crippen LogP contribution in [0.5, 0.6) is 5.75 Å². The molecule has 6 nitrogen and oxygen atoms in total. The lowest BCUT2D eigenvalue weighted by Gasteiger charge is -2.25. The first-order valence-electron chi connectivity index (χ1n) is 10.5. The van der Waals surface area contributed by atoms with Crippen LogP contribution < -0.4 is 15.0 Å². The van der Waals surface area contributed by atoms with Crippen LogP contribution in [0.15, 0.2) is 60.8 Å². The first-order valence-corrected chi connectivity index (χ1v) is 10.5. The number of aryl methyl sites for hydroxylation is 1. The van der Waals surface area contributed by atoms with Gasteiger partial charge in [-0.05, 0) is 61.5 Å². The molecule has 156 valence electrons. The lowest BCUT2D eigenvalue weighted by molar-refractivity contribution is -0.918. The van der Waals surface area contributed by atoms with Gasteiger partial charge in [-0.2, -0.15) is 5.10 Å². The second-order valence-corrected chi connectivity index (χ2v) is 7.83. The van der Waals surface area contributed by atoms with E-state index >= 15 is 0 Å². The molecule has 4 rings (SSSR count). The van der Waals surface area contributed by atoms with Gasteiger partial charge < -0.3 is 15.0 Å². The summed E-state index contributed by atoms with van der Waals surface area (Å²) in [6, 6.07) is 18.0. The Kier molecular flexibility index (Phi) is 6.14. The van der Waals surface area contributed by atoms with Gasteiger partial charge in [0.15, 0.2) is 0 Å². The molecule has 0 radical (unpaired) electrons. The van der Waals surface area contributed by atoms with E-state index in [-0.39, 0.29) is 11.9 Å². The molecule has 2 aromatic carbocycles. The van der Waals surface area contributed by atoms with E-state index in [4.69, 9.17) is 4.74 Å². The third-order valence-electron chi connectivity index (χ3n) is 5.93. The number of carbonyl (C=O) groups excluding carboxylic acids is 1. The maximum absolute atomic E-state index is 12.8. The van der Waals surface area contributed by atoms with Crippen LogP contribution in [-0.2, 0) is 0 Å². The fraction of sp³-hybridized carbons (Fsp3) is 0.333. The number of rotatable bonds is 7. The molecular formula is C24H29N4O2+. The Bertz CT molecular complexity index is 973. The Morgan fingerprint density at radius 2 is 1.80 bits per heavy atom. The molecule has 1 amide bonds. The van der Waals surface area contributed by atoms with E-state index in [1.165, 1.54) is 23.3 Å². The van der Waals surface area contributed by atoms with Gasteiger partial charge in [0.25, 0.3) is 5.91 Å². The third kappa shape index (κ3) is 4.39. The predicted molar refractivity (Wildman–Crippen MR) is 116 cm³/mol. The summed E-state index contributed by atoms with van der Waals surface area (Å²) in [4.78, 5) is 14.3. The molecule has 0 unspecified atom stereocenters. The average molecular weight is 406 g/mol. The highest BCUT2D eigenvalue weighted by molar-refractivity contribution is 5.94. The molecule has 30 heavy (non-hydrogen) atoms. The van der Waals surface area contributed by atoms with Gasteiger partial charge in [-0.25, -0.2) is 4.68 Å². The van der Waals surface area contributed by atoms with Crippen molar-refractivity contribution in [1.82, 2.24) is 15.1 Å². The molecule has 3 aromatic rings. The predicted octanol–water partition coefficient (Wildman–Crippen LogP) is 2.34. The molecule has 2 N–H and O–H groups in total. The summed E-state index contributed by atoms with van der Waals surface area (Å²) in [6.07, 6.45) is 4.25. The first-order chi connectivity index (χ1) is 14.7. The smallest absolute Gasteiger partial charge is 0.251 e. The Hall–Kier alpha value is -3.12. The van der Waals surface area contributed by atoms with Crippen LogP contribution in [0.25, 0.3) is 5.69 Å². The van der Waals surface area contributed by atoms with Gasteiger partial charge in [0.1, 0.15) is 11.8 Å². The van der Waals surface area contributed by atoms with Crippen LogP contribution >= 0.6 is 0 Å². The molecule has 0 bridgehead atoms. The van der Waals surface area contributed by atoms with Crippen molar-refractivity contribution in [3.63, 3.8) is 0 Å². The zero-order chi connectivity index (χ0) is 20.9. The standard InChI is InChI=1S/C24H28N4O2/c1-18-13-14-26-28(18)21-9-5-20(6-10-21)24(29)25-17-23(27-15-3-4-16-27)19-7-11-22(30-2)12-8-19/h5-14,23H,3-4,15-17H2,1-2H3,(H,25,29)/p+1/t23-/m0/s1. The number of ether oxygens (including phenoxy) is 1. The Morgan fingerprint density at radius 3 is 2.40 bits per heavy atom. The number of quaternary nitrogens is 1. The van der Waals surface area contributed by atoms with E-state index in [2.05, 4.69) is 22.5 Å². The minimum atomic E-state index is -0.0455. The monoisotopic (exact) mass is 405 g/mol. The number of nitrogens with one attached hydrogen (secondary N) is 2. The Balaban J connectivity index is 1.44. The van der Waals surface area contributed by atoms with Crippen molar-refractivity contribution < 1.29 is 14.4 Å². The number of carbonyl (C=O) groups is 1. The number of aromatic nitrogens is 2. The molecule has 0 saturated carbocycles. The van der Waals surface area contributed by atoms with Crippen LogP contribution in [0.4, 0.5) is 0 Å². The normalized spacial score (nSPS) is 15.1. The SMILES string of the molecule is COc1ccc([C@H](CNC(=O)c2ccc(-n3nccc3C)cc2)[NH+]2CCCC2)cc1. The second-order valence-electron chi connectivity index (χ2n) is 7.83. The van der Waals surface area contributed by atoms with Crippen molar-refractivity contribution in [3.05, 3.63) is 77.6 Å². The lowest BCUT2D eigenvalue weighted by atomic mass is 10.0. The maximum atomic E-state index is 12.8. The third-order valence-corrected chi connectivity index (χ3v) is 5.93. The highest BCUT2D eigenvalue weighted by Gasteiger charge is 2.28. The fourth-order valence-corrected chi connectivity index (χ4v) is 4.20. The number of likely N-dealkylation sites (tertiary alicyclic amines) is 1. The quantitative estimate of drug-likeness (QED) is 0.634. The number of hydrogen-bond donors (Lipinski definition) is 2. The molecule has 6 heteroatoms. The largest absolute Gasteiger partial charge is 0.497 e. The highest BCUT2D eigenvalue weighted by atomic mass is 16.5. The zero-order valence-electron chi connectivity index (χ0n) is 17.6. The van der Waals surface area contributed by atoms with Crippen LogP contribution in [0, 0.1) is 6.92 Å². The average Bonchev–Trinajstić information content (AvgIpc) is 3.46. The molecule has 1 saturated heterocycles. The number of benzene rings is 2. The molecule has 1 aromatic heterocycles. The maximum Gasteiger partial charge on any atom is 0.251 e. The summed E-state index contributed by atoms with van der Waals surface area (Å²) in [5, 5.41) is 7.47. The van der Waals surface area contributed by atoms with Crippen molar-refractivity contribution in [3.8, 4) is 11.4 Å². The second kappa shape index (κ2) is 9.13. The summed E-state index contributed by atoms with van der Waals surface area (Å²) < 4.78 is 7.15. The molecule has 0 aliphatic carbocycles. The summed E-state index contributed by atoms with van der Waals surface area (Å²) in [5.41, 5.74) is 3.90. The molecule has 1 aliphatic rings. The van der Waals surface area contributed by atoms with Crippen LogP contribution in [0.1, 0.15) is 40.5 Å². The topological polar surface area (TPSA) is 60.6 Å². The van der Waals surface area contributed by atoms with E-state index in [9.17, 15) is 4.79 Å². The molecular weight excluding hydrogens is 376 g/mol. The van der Waals surface area contributed by atoms with Gasteiger partial charge in [0, 0.05) is 35.9 Å². The summed E-state index contributed by atoms with van der Waals surface area (Å²) >= 11 is 0. The van der Waals surface area contributed by atoms with Crippen molar-refractivity contribution in [1.29, 1.82) is 0 Å². The molecule has 2 heterocycles. The van der Waals surface area contributed by atoms with Gasteiger partial charge in [-0.15, -0.1) is 0 Å². The summed E-state index contributed by atoms with van der Waals surface area (Å²) in [7, 11) is 1.68. The highest BCUT2D eigenvalue weighted by Crippen LogP contribution is 2.17. The zero-order valence-corrected chi connectivity index (χ0v) is 17.6. The van der Waals surface area contributed by atoms with Crippen molar-refractivity contribution in [2.45, 2.75) is 25.8 Å². The number of methoxy groups -OCH3 is 1. The Labute approximate surface area is 177 Å². The fourth-order valence-electron chi connectivity index (χ4n) is 4.20. The van der Waals surface area contributed by atoms with Gasteiger partial charge in [0.2, 0.25) is 0 Å². The van der Waals surface area contributed by atoms with Gasteiger partial charge >= 0.3 is 0 Å². The van der Waals surface area contributed by atoms with E-state index in [0.29, 0.717) is 12.1 Å². The van der Waals surface area contributed by atoms with E-state index in [1.807, 2.05) is 54.1 Å². The van der Waals surface area contributed by atoms with Gasteiger partial charge in [-0.1, -0.05) is 0 Å². The Morgan fingerprint density at radius 1 is 1.10 bits per heavy atom. The number of hydrogen-bond acceptors (Lipinski definition) is 3. The van der Waals surface area contributed by atoms with Crippen LogP contribution in [0.3, 0.4) is 0 Å². The molecule has 1 atom stereocenters. The van der Waals surface area contributed by atoms with E-state index in [1.54, 1.807) is 13.3 Å². The van der Waals surface area contributed by atoms with Crippen molar-refractivity contribution in [2.24, 2.45) is 0 Å². The first kappa shape index (κ1) is 20.2. The molecule has 1 aliphatic heterocycles. The summed E-state index contributed by atoms with van der Waals surface area (Å²) in [5.74, 6) is 0.807. The van der Waals surface area contributed by atoms with E-state index < -0.39 is 0 Å². The van der Waals surface area contributed by atoms with Gasteiger partial charge in [-0.3, -0.25) is 4.79 Å². The molecule has 1 fully saturated rings. The number of amides is 1. The van der Waals surface area contributed by atoms with Crippen LogP contribution in [-0.4, -0.2) is 42.4 Å². The van der Waals surface area contributed by atoms with E-state index in [0.717, 1.165) is 30.2 Å². The van der Waals surface area contributed by atoms with Crippen molar-refractivity contribution >= 4 is 5.91 Å². The van der Waals surface area contributed by atoms with Crippen LogP contribution in [0.2, 0.25) is 0 Å². The minimum Gasteiger partial charge on any atom is -0.497 e. The molecule has 0 spiro atoms. The van der Waals surface area contributed by atoms with Gasteiger partial charge in [0.05, 0.1) is 32.4 Å².